The second-order valence-corrected chi connectivity index (χ2v) is 3.29. The Hall–Kier alpha value is -0.520. The van der Waals surface area contributed by atoms with E-state index in [9.17, 15) is 0 Å². The van der Waals surface area contributed by atoms with Crippen molar-refractivity contribution in [3.63, 3.8) is 0 Å². The van der Waals surface area contributed by atoms with E-state index in [-0.39, 0.29) is 0 Å². The SMILES string of the molecule is CC#CCCC(COCCC)NCC. The van der Waals surface area contributed by atoms with Gasteiger partial charge in [-0.25, -0.2) is 0 Å². The predicted molar refractivity (Wildman–Crippen MR) is 61.3 cm³/mol. The quantitative estimate of drug-likeness (QED) is 0.476. The molecule has 1 atom stereocenters. The molecule has 82 valence electrons. The molecule has 0 saturated carbocycles. The minimum absolute atomic E-state index is 0.465. The highest BCUT2D eigenvalue weighted by molar-refractivity contribution is 4.95. The predicted octanol–water partition coefficient (Wildman–Crippen LogP) is 2.19. The molecule has 0 aliphatic heterocycles. The molecule has 0 aromatic heterocycles. The molecule has 0 amide bonds. The largest absolute Gasteiger partial charge is 0.380 e. The Morgan fingerprint density at radius 1 is 1.36 bits per heavy atom. The van der Waals surface area contributed by atoms with Gasteiger partial charge in [0.25, 0.3) is 0 Å². The van der Waals surface area contributed by atoms with E-state index in [1.165, 1.54) is 0 Å². The zero-order valence-corrected chi connectivity index (χ0v) is 9.73. The minimum Gasteiger partial charge on any atom is -0.380 e. The Kier molecular flexibility index (Phi) is 10.2. The van der Waals surface area contributed by atoms with Gasteiger partial charge in [0.1, 0.15) is 0 Å². The summed E-state index contributed by atoms with van der Waals surface area (Å²) in [6.45, 7) is 8.81. The smallest absolute Gasteiger partial charge is 0.0619 e. The fourth-order valence-corrected chi connectivity index (χ4v) is 1.27. The van der Waals surface area contributed by atoms with Gasteiger partial charge in [0.05, 0.1) is 6.61 Å². The van der Waals surface area contributed by atoms with Gasteiger partial charge in [-0.1, -0.05) is 13.8 Å². The van der Waals surface area contributed by atoms with Gasteiger partial charge in [0.2, 0.25) is 0 Å². The van der Waals surface area contributed by atoms with Gasteiger partial charge in [0, 0.05) is 19.1 Å². The van der Waals surface area contributed by atoms with Crippen molar-refractivity contribution < 1.29 is 4.74 Å². The highest BCUT2D eigenvalue weighted by Crippen LogP contribution is 1.98. The van der Waals surface area contributed by atoms with Crippen molar-refractivity contribution in [3.8, 4) is 11.8 Å². The van der Waals surface area contributed by atoms with E-state index in [4.69, 9.17) is 4.74 Å². The number of likely N-dealkylation sites (N-methyl/N-ethyl adjacent to an activating group) is 1. The normalized spacial score (nSPS) is 11.9. The summed E-state index contributed by atoms with van der Waals surface area (Å²) in [6, 6.07) is 0.465. The number of hydrogen-bond donors (Lipinski definition) is 1. The average Bonchev–Trinajstić information content (AvgIpc) is 2.18. The van der Waals surface area contributed by atoms with Crippen LogP contribution in [-0.4, -0.2) is 25.8 Å². The molecule has 0 bridgehead atoms. The van der Waals surface area contributed by atoms with Gasteiger partial charge in [-0.15, -0.1) is 11.8 Å². The lowest BCUT2D eigenvalue weighted by atomic mass is 10.1. The lowest BCUT2D eigenvalue weighted by molar-refractivity contribution is 0.110. The van der Waals surface area contributed by atoms with Gasteiger partial charge in [0.15, 0.2) is 0 Å². The molecule has 0 aromatic rings. The van der Waals surface area contributed by atoms with Crippen molar-refractivity contribution in [3.05, 3.63) is 0 Å². The molecule has 0 fully saturated rings. The number of rotatable bonds is 8. The van der Waals surface area contributed by atoms with Crippen molar-refractivity contribution >= 4 is 0 Å². The van der Waals surface area contributed by atoms with E-state index in [1.54, 1.807) is 0 Å². The van der Waals surface area contributed by atoms with E-state index in [1.807, 2.05) is 6.92 Å². The van der Waals surface area contributed by atoms with Crippen LogP contribution in [0.25, 0.3) is 0 Å². The van der Waals surface area contributed by atoms with Crippen LogP contribution >= 0.6 is 0 Å². The Balaban J connectivity index is 3.57. The first kappa shape index (κ1) is 13.5. The molecular formula is C12H23NO. The van der Waals surface area contributed by atoms with Crippen LogP contribution in [0.1, 0.15) is 40.0 Å². The summed E-state index contributed by atoms with van der Waals surface area (Å²) in [5, 5.41) is 3.41. The number of ether oxygens (including phenoxy) is 1. The molecule has 0 aromatic carbocycles. The van der Waals surface area contributed by atoms with Gasteiger partial charge < -0.3 is 10.1 Å². The van der Waals surface area contributed by atoms with Crippen LogP contribution in [0.2, 0.25) is 0 Å². The van der Waals surface area contributed by atoms with Crippen LogP contribution in [0.4, 0.5) is 0 Å². The van der Waals surface area contributed by atoms with Gasteiger partial charge in [-0.2, -0.15) is 0 Å². The first-order valence-electron chi connectivity index (χ1n) is 5.55. The van der Waals surface area contributed by atoms with Crippen LogP contribution in [0, 0.1) is 11.8 Å². The van der Waals surface area contributed by atoms with Crippen molar-refractivity contribution in [2.75, 3.05) is 19.8 Å². The zero-order valence-electron chi connectivity index (χ0n) is 9.73. The van der Waals surface area contributed by atoms with Crippen molar-refractivity contribution in [1.29, 1.82) is 0 Å². The lowest BCUT2D eigenvalue weighted by Crippen LogP contribution is -2.33. The van der Waals surface area contributed by atoms with Crippen molar-refractivity contribution in [1.82, 2.24) is 5.32 Å². The maximum atomic E-state index is 5.52. The Labute approximate surface area is 88.4 Å². The monoisotopic (exact) mass is 197 g/mol. The van der Waals surface area contributed by atoms with E-state index < -0.39 is 0 Å². The molecule has 0 heterocycles. The maximum Gasteiger partial charge on any atom is 0.0619 e. The Bertz CT molecular complexity index is 169. The summed E-state index contributed by atoms with van der Waals surface area (Å²) in [6.07, 6.45) is 3.13. The number of nitrogens with one attached hydrogen (secondary N) is 1. The van der Waals surface area contributed by atoms with Gasteiger partial charge in [-0.05, 0) is 26.3 Å². The highest BCUT2D eigenvalue weighted by atomic mass is 16.5. The van der Waals surface area contributed by atoms with E-state index >= 15 is 0 Å². The molecule has 0 aliphatic rings. The molecule has 0 spiro atoms. The molecule has 1 unspecified atom stereocenters. The third-order valence-electron chi connectivity index (χ3n) is 1.95. The van der Waals surface area contributed by atoms with Crippen LogP contribution in [0.15, 0.2) is 0 Å². The molecule has 0 rings (SSSR count). The molecule has 14 heavy (non-hydrogen) atoms. The van der Waals surface area contributed by atoms with Crippen molar-refractivity contribution in [2.45, 2.75) is 46.1 Å². The summed E-state index contributed by atoms with van der Waals surface area (Å²) in [5.74, 6) is 6.00. The highest BCUT2D eigenvalue weighted by Gasteiger charge is 2.05. The average molecular weight is 197 g/mol. The summed E-state index contributed by atoms with van der Waals surface area (Å²) < 4.78 is 5.52. The van der Waals surface area contributed by atoms with E-state index in [2.05, 4.69) is 31.0 Å². The Morgan fingerprint density at radius 2 is 2.14 bits per heavy atom. The summed E-state index contributed by atoms with van der Waals surface area (Å²) in [5.41, 5.74) is 0. The van der Waals surface area contributed by atoms with Gasteiger partial charge >= 0.3 is 0 Å². The molecule has 1 N–H and O–H groups in total. The number of hydrogen-bond acceptors (Lipinski definition) is 2. The topological polar surface area (TPSA) is 21.3 Å². The maximum absolute atomic E-state index is 5.52. The fraction of sp³-hybridized carbons (Fsp3) is 0.833. The third kappa shape index (κ3) is 8.10. The zero-order chi connectivity index (χ0) is 10.6. The first-order chi connectivity index (χ1) is 6.85. The molecular weight excluding hydrogens is 174 g/mol. The van der Waals surface area contributed by atoms with Crippen LogP contribution in [0.3, 0.4) is 0 Å². The summed E-state index contributed by atoms with van der Waals surface area (Å²) in [4.78, 5) is 0. The first-order valence-corrected chi connectivity index (χ1v) is 5.55. The van der Waals surface area contributed by atoms with Crippen molar-refractivity contribution in [2.24, 2.45) is 0 Å². The van der Waals surface area contributed by atoms with Crippen LogP contribution < -0.4 is 5.32 Å². The van der Waals surface area contributed by atoms with Crippen LogP contribution in [0.5, 0.6) is 0 Å². The second kappa shape index (κ2) is 10.6. The van der Waals surface area contributed by atoms with E-state index in [0.717, 1.165) is 39.0 Å². The molecule has 0 saturated heterocycles. The molecule has 2 heteroatoms. The van der Waals surface area contributed by atoms with Crippen LogP contribution in [-0.2, 0) is 4.74 Å². The van der Waals surface area contributed by atoms with E-state index in [0.29, 0.717) is 6.04 Å². The standard InChI is InChI=1S/C12H23NO/c1-4-7-8-9-12(13-6-3)11-14-10-5-2/h12-13H,5-6,8-11H2,1-3H3. The lowest BCUT2D eigenvalue weighted by Gasteiger charge is -2.16. The third-order valence-corrected chi connectivity index (χ3v) is 1.95. The molecule has 2 nitrogen and oxygen atoms in total. The minimum atomic E-state index is 0.465. The second-order valence-electron chi connectivity index (χ2n) is 3.29. The fourth-order valence-electron chi connectivity index (χ4n) is 1.27. The summed E-state index contributed by atoms with van der Waals surface area (Å²) >= 11 is 0. The Morgan fingerprint density at radius 3 is 2.71 bits per heavy atom. The molecule has 0 radical (unpaired) electrons. The van der Waals surface area contributed by atoms with Gasteiger partial charge in [-0.3, -0.25) is 0 Å². The molecule has 0 aliphatic carbocycles. The summed E-state index contributed by atoms with van der Waals surface area (Å²) in [7, 11) is 0.